The molecule has 0 aliphatic rings. The van der Waals surface area contributed by atoms with E-state index >= 15 is 0 Å². The van der Waals surface area contributed by atoms with Gasteiger partial charge in [0.25, 0.3) is 0 Å². The Labute approximate surface area is 112 Å². The number of amides is 1. The fraction of sp³-hybridized carbons (Fsp3) is 0.385. The van der Waals surface area contributed by atoms with E-state index in [9.17, 15) is 4.79 Å². The molecule has 0 aromatic heterocycles. The zero-order chi connectivity index (χ0) is 13.5. The summed E-state index contributed by atoms with van der Waals surface area (Å²) in [5.74, 6) is 0.531. The van der Waals surface area contributed by atoms with Crippen LogP contribution in [0.1, 0.15) is 19.4 Å². The predicted octanol–water partition coefficient (Wildman–Crippen LogP) is 1.93. The summed E-state index contributed by atoms with van der Waals surface area (Å²) >= 11 is 1.43. The summed E-state index contributed by atoms with van der Waals surface area (Å²) in [4.78, 5) is 14.6. The maximum Gasteiger partial charge on any atom is 0.232 e. The monoisotopic (exact) mass is 265 g/mol. The molecule has 1 rings (SSSR count). The molecule has 4 nitrogen and oxygen atoms in total. The topological polar surface area (TPSA) is 70.2 Å². The van der Waals surface area contributed by atoms with Crippen molar-refractivity contribution in [2.24, 2.45) is 5.73 Å². The van der Waals surface area contributed by atoms with Crippen LogP contribution in [0.15, 0.2) is 29.2 Å². The van der Waals surface area contributed by atoms with Crippen molar-refractivity contribution in [3.8, 4) is 0 Å². The van der Waals surface area contributed by atoms with Crippen molar-refractivity contribution in [1.82, 2.24) is 4.90 Å². The van der Waals surface area contributed by atoms with Crippen LogP contribution in [0.25, 0.3) is 0 Å². The molecule has 98 valence electrons. The third kappa shape index (κ3) is 3.77. The number of nitrogens with two attached hydrogens (primary N) is 1. The molecule has 18 heavy (non-hydrogen) atoms. The van der Waals surface area contributed by atoms with E-state index in [0.29, 0.717) is 11.3 Å². The largest absolute Gasteiger partial charge is 0.384 e. The minimum Gasteiger partial charge on any atom is -0.384 e. The highest BCUT2D eigenvalue weighted by Crippen LogP contribution is 2.22. The Morgan fingerprint density at radius 1 is 1.33 bits per heavy atom. The van der Waals surface area contributed by atoms with Gasteiger partial charge in [-0.3, -0.25) is 10.2 Å². The number of hydrogen-bond donors (Lipinski definition) is 2. The van der Waals surface area contributed by atoms with E-state index in [2.05, 4.69) is 0 Å². The molecule has 0 heterocycles. The first-order chi connectivity index (χ1) is 8.60. The number of amidine groups is 1. The van der Waals surface area contributed by atoms with Crippen LogP contribution in [-0.2, 0) is 4.79 Å². The third-order valence-electron chi connectivity index (χ3n) is 2.64. The number of nitrogens with zero attached hydrogens (tertiary/aromatic N) is 1. The van der Waals surface area contributed by atoms with Crippen molar-refractivity contribution in [2.75, 3.05) is 18.8 Å². The van der Waals surface area contributed by atoms with Crippen LogP contribution >= 0.6 is 11.8 Å². The van der Waals surface area contributed by atoms with E-state index in [4.69, 9.17) is 11.1 Å². The van der Waals surface area contributed by atoms with Crippen molar-refractivity contribution in [1.29, 1.82) is 5.41 Å². The van der Waals surface area contributed by atoms with Crippen molar-refractivity contribution in [3.05, 3.63) is 29.8 Å². The van der Waals surface area contributed by atoms with Gasteiger partial charge in [-0.25, -0.2) is 0 Å². The van der Waals surface area contributed by atoms with Gasteiger partial charge < -0.3 is 10.6 Å². The molecular formula is C13H19N3OS. The Bertz CT molecular complexity index is 430. The first-order valence-corrected chi connectivity index (χ1v) is 6.92. The lowest BCUT2D eigenvalue weighted by Crippen LogP contribution is -2.31. The molecule has 0 spiro atoms. The van der Waals surface area contributed by atoms with Gasteiger partial charge in [0.1, 0.15) is 5.84 Å². The molecule has 0 radical (unpaired) electrons. The van der Waals surface area contributed by atoms with E-state index in [0.717, 1.165) is 18.0 Å². The molecule has 1 amide bonds. The van der Waals surface area contributed by atoms with Crippen LogP contribution < -0.4 is 5.73 Å². The Kier molecular flexibility index (Phi) is 5.71. The first kappa shape index (κ1) is 14.6. The lowest BCUT2D eigenvalue weighted by Gasteiger charge is -2.18. The molecule has 3 N–H and O–H groups in total. The summed E-state index contributed by atoms with van der Waals surface area (Å²) in [5.41, 5.74) is 6.20. The van der Waals surface area contributed by atoms with E-state index in [1.807, 2.05) is 32.0 Å². The first-order valence-electron chi connectivity index (χ1n) is 5.94. The number of benzene rings is 1. The minimum absolute atomic E-state index is 0.0355. The van der Waals surface area contributed by atoms with Crippen LogP contribution in [0.3, 0.4) is 0 Å². The predicted molar refractivity (Wildman–Crippen MR) is 76.1 cm³/mol. The van der Waals surface area contributed by atoms with Gasteiger partial charge in [-0.1, -0.05) is 18.2 Å². The van der Waals surface area contributed by atoms with Crippen molar-refractivity contribution in [2.45, 2.75) is 18.7 Å². The van der Waals surface area contributed by atoms with Crippen LogP contribution in [0, 0.1) is 5.41 Å². The molecule has 0 aliphatic carbocycles. The molecule has 1 aromatic rings. The van der Waals surface area contributed by atoms with Gasteiger partial charge in [0.05, 0.1) is 5.75 Å². The van der Waals surface area contributed by atoms with Crippen LogP contribution in [-0.4, -0.2) is 35.5 Å². The molecule has 1 aromatic carbocycles. The second-order valence-corrected chi connectivity index (χ2v) is 4.78. The van der Waals surface area contributed by atoms with Gasteiger partial charge in [-0.05, 0) is 19.9 Å². The van der Waals surface area contributed by atoms with Crippen molar-refractivity contribution >= 4 is 23.5 Å². The summed E-state index contributed by atoms with van der Waals surface area (Å²) in [7, 11) is 0. The van der Waals surface area contributed by atoms with E-state index in [1.54, 1.807) is 11.0 Å². The standard InChI is InChI=1S/C13H19N3OS/c1-3-16(4-2)12(17)9-18-11-8-6-5-7-10(11)13(14)15/h5-8H,3-4,9H2,1-2H3,(H3,14,15). The average molecular weight is 265 g/mol. The van der Waals surface area contributed by atoms with Crippen LogP contribution in [0.5, 0.6) is 0 Å². The normalized spacial score (nSPS) is 10.1. The number of nitrogens with one attached hydrogen (secondary N) is 1. The number of hydrogen-bond acceptors (Lipinski definition) is 3. The third-order valence-corrected chi connectivity index (χ3v) is 3.70. The Balaban J connectivity index is 2.69. The highest BCUT2D eigenvalue weighted by Gasteiger charge is 2.12. The summed E-state index contributed by atoms with van der Waals surface area (Å²) < 4.78 is 0. The molecule has 0 unspecified atom stereocenters. The van der Waals surface area contributed by atoms with Gasteiger partial charge in [0.2, 0.25) is 5.91 Å². The fourth-order valence-electron chi connectivity index (χ4n) is 1.62. The number of thioether (sulfide) groups is 1. The van der Waals surface area contributed by atoms with E-state index in [-0.39, 0.29) is 11.7 Å². The molecule has 0 saturated carbocycles. The molecule has 5 heteroatoms. The summed E-state index contributed by atoms with van der Waals surface area (Å²) in [6, 6.07) is 7.41. The SMILES string of the molecule is CCN(CC)C(=O)CSc1ccccc1C(=N)N. The quantitative estimate of drug-likeness (QED) is 0.469. The van der Waals surface area contributed by atoms with Gasteiger partial charge in [-0.15, -0.1) is 11.8 Å². The lowest BCUT2D eigenvalue weighted by atomic mass is 10.2. The van der Waals surface area contributed by atoms with E-state index in [1.165, 1.54) is 11.8 Å². The van der Waals surface area contributed by atoms with Crippen molar-refractivity contribution in [3.63, 3.8) is 0 Å². The number of carbonyl (C=O) groups excluding carboxylic acids is 1. The second-order valence-electron chi connectivity index (χ2n) is 3.76. The maximum absolute atomic E-state index is 11.9. The fourth-order valence-corrected chi connectivity index (χ4v) is 2.59. The molecule has 0 atom stereocenters. The lowest BCUT2D eigenvalue weighted by molar-refractivity contribution is -0.127. The molecular weight excluding hydrogens is 246 g/mol. The smallest absolute Gasteiger partial charge is 0.232 e. The van der Waals surface area contributed by atoms with Gasteiger partial charge in [-0.2, -0.15) is 0 Å². The van der Waals surface area contributed by atoms with Gasteiger partial charge in [0.15, 0.2) is 0 Å². The zero-order valence-corrected chi connectivity index (χ0v) is 11.6. The summed E-state index contributed by atoms with van der Waals surface area (Å²) in [5, 5.41) is 7.49. The van der Waals surface area contributed by atoms with Gasteiger partial charge >= 0.3 is 0 Å². The zero-order valence-electron chi connectivity index (χ0n) is 10.8. The average Bonchev–Trinajstić information content (AvgIpc) is 2.38. The molecule has 0 bridgehead atoms. The molecule has 0 fully saturated rings. The minimum atomic E-state index is 0.0355. The van der Waals surface area contributed by atoms with Crippen molar-refractivity contribution < 1.29 is 4.79 Å². The summed E-state index contributed by atoms with van der Waals surface area (Å²) in [6.45, 7) is 5.39. The Hall–Kier alpha value is -1.49. The second kappa shape index (κ2) is 7.06. The molecule has 0 saturated heterocycles. The highest BCUT2D eigenvalue weighted by atomic mass is 32.2. The van der Waals surface area contributed by atoms with E-state index < -0.39 is 0 Å². The number of rotatable bonds is 6. The Morgan fingerprint density at radius 2 is 1.94 bits per heavy atom. The molecule has 0 aliphatic heterocycles. The van der Waals surface area contributed by atoms with Crippen LogP contribution in [0.2, 0.25) is 0 Å². The Morgan fingerprint density at radius 3 is 2.50 bits per heavy atom. The summed E-state index contributed by atoms with van der Waals surface area (Å²) in [6.07, 6.45) is 0. The van der Waals surface area contributed by atoms with Gasteiger partial charge in [0, 0.05) is 23.5 Å². The number of nitrogen functional groups attached to an aromatic ring is 1. The highest BCUT2D eigenvalue weighted by molar-refractivity contribution is 8.00. The number of carbonyl (C=O) groups is 1. The maximum atomic E-state index is 11.9. The van der Waals surface area contributed by atoms with Crippen LogP contribution in [0.4, 0.5) is 0 Å².